The molecule has 0 aliphatic heterocycles. The van der Waals surface area contributed by atoms with Gasteiger partial charge in [-0.15, -0.1) is 0 Å². The fraction of sp³-hybridized carbons (Fsp3) is 0.500. The monoisotopic (exact) mass is 378 g/mol. The van der Waals surface area contributed by atoms with Gasteiger partial charge in [-0.3, -0.25) is 19.2 Å². The molecule has 0 heterocycles. The molecule has 148 valence electrons. The molecule has 2 atom stereocenters. The molecule has 7 heteroatoms. The van der Waals surface area contributed by atoms with E-state index in [2.05, 4.69) is 0 Å². The lowest BCUT2D eigenvalue weighted by atomic mass is 9.75. The average Bonchev–Trinajstić information content (AvgIpc) is 2.62. The number of hydrogen-bond acceptors (Lipinski definition) is 7. The number of benzene rings is 1. The molecule has 7 nitrogen and oxygen atoms in total. The largest absolute Gasteiger partial charge is 0.465 e. The highest BCUT2D eigenvalue weighted by Crippen LogP contribution is 2.36. The Bertz CT molecular complexity index is 636. The van der Waals surface area contributed by atoms with Crippen molar-refractivity contribution in [3.05, 3.63) is 35.9 Å². The van der Waals surface area contributed by atoms with Crippen LogP contribution in [-0.2, 0) is 33.4 Å². The van der Waals surface area contributed by atoms with E-state index in [4.69, 9.17) is 14.2 Å². The maximum Gasteiger partial charge on any atom is 0.320 e. The average molecular weight is 378 g/mol. The first kappa shape index (κ1) is 22.3. The van der Waals surface area contributed by atoms with Gasteiger partial charge in [-0.05, 0) is 33.3 Å². The van der Waals surface area contributed by atoms with Crippen LogP contribution in [0.15, 0.2) is 30.3 Å². The Balaban J connectivity index is 3.56. The third-order valence-electron chi connectivity index (χ3n) is 3.96. The molecular formula is C20H26O7. The van der Waals surface area contributed by atoms with Gasteiger partial charge in [0.15, 0.2) is 5.92 Å². The van der Waals surface area contributed by atoms with Gasteiger partial charge in [0.1, 0.15) is 11.7 Å². The molecule has 0 radical (unpaired) electrons. The van der Waals surface area contributed by atoms with Crippen molar-refractivity contribution in [1.29, 1.82) is 0 Å². The number of carbonyl (C=O) groups is 4. The zero-order valence-electron chi connectivity index (χ0n) is 16.1. The summed E-state index contributed by atoms with van der Waals surface area (Å²) in [5.74, 6) is -6.91. The maximum absolute atomic E-state index is 12.6. The van der Waals surface area contributed by atoms with E-state index < -0.39 is 41.4 Å². The molecule has 0 saturated heterocycles. The van der Waals surface area contributed by atoms with Crippen LogP contribution in [0, 0.1) is 11.8 Å². The Morgan fingerprint density at radius 1 is 0.741 bits per heavy atom. The Morgan fingerprint density at radius 3 is 1.52 bits per heavy atom. The second-order valence-electron chi connectivity index (χ2n) is 5.76. The van der Waals surface area contributed by atoms with Gasteiger partial charge in [0.05, 0.1) is 19.8 Å². The summed E-state index contributed by atoms with van der Waals surface area (Å²) in [5, 5.41) is 0. The molecule has 1 aromatic carbocycles. The quantitative estimate of drug-likeness (QED) is 0.350. The van der Waals surface area contributed by atoms with Crippen LogP contribution in [0.3, 0.4) is 0 Å². The topological polar surface area (TPSA) is 96.0 Å². The fourth-order valence-electron chi connectivity index (χ4n) is 2.90. The van der Waals surface area contributed by atoms with Crippen LogP contribution in [0.25, 0.3) is 0 Å². The predicted molar refractivity (Wildman–Crippen MR) is 96.7 cm³/mol. The van der Waals surface area contributed by atoms with Crippen LogP contribution in [0.2, 0.25) is 0 Å². The van der Waals surface area contributed by atoms with Crippen LogP contribution in [0.1, 0.15) is 39.2 Å². The minimum atomic E-state index is -1.47. The van der Waals surface area contributed by atoms with Crippen LogP contribution in [0.4, 0.5) is 0 Å². The first-order valence-electron chi connectivity index (χ1n) is 8.94. The summed E-state index contributed by atoms with van der Waals surface area (Å²) in [7, 11) is 0. The van der Waals surface area contributed by atoms with Gasteiger partial charge in [0.2, 0.25) is 0 Å². The normalized spacial score (nSPS) is 12.8. The van der Waals surface area contributed by atoms with Crippen molar-refractivity contribution >= 4 is 23.7 Å². The van der Waals surface area contributed by atoms with Gasteiger partial charge in [-0.1, -0.05) is 30.3 Å². The van der Waals surface area contributed by atoms with Gasteiger partial charge in [0.25, 0.3) is 0 Å². The van der Waals surface area contributed by atoms with E-state index in [1.165, 1.54) is 6.92 Å². The lowest BCUT2D eigenvalue weighted by molar-refractivity contribution is -0.165. The molecule has 0 aliphatic rings. The Morgan fingerprint density at radius 2 is 1.15 bits per heavy atom. The molecule has 0 amide bonds. The molecule has 0 saturated carbocycles. The van der Waals surface area contributed by atoms with E-state index in [0.717, 1.165) is 0 Å². The third-order valence-corrected chi connectivity index (χ3v) is 3.96. The number of Topliss-reactive ketones (excluding diaryl/α,β-unsaturated/α-hetero) is 1. The fourth-order valence-corrected chi connectivity index (χ4v) is 2.90. The molecule has 27 heavy (non-hydrogen) atoms. The summed E-state index contributed by atoms with van der Waals surface area (Å²) < 4.78 is 15.1. The van der Waals surface area contributed by atoms with Crippen molar-refractivity contribution in [3.8, 4) is 0 Å². The second kappa shape index (κ2) is 11.1. The number of rotatable bonds is 10. The van der Waals surface area contributed by atoms with Gasteiger partial charge < -0.3 is 14.2 Å². The zero-order valence-corrected chi connectivity index (χ0v) is 16.1. The van der Waals surface area contributed by atoms with Crippen LogP contribution < -0.4 is 0 Å². The Hall–Kier alpha value is -2.70. The van der Waals surface area contributed by atoms with Gasteiger partial charge in [-0.25, -0.2) is 0 Å². The number of carbonyl (C=O) groups excluding carboxylic acids is 4. The molecule has 0 aromatic heterocycles. The second-order valence-corrected chi connectivity index (χ2v) is 5.76. The highest BCUT2D eigenvalue weighted by molar-refractivity contribution is 6.03. The van der Waals surface area contributed by atoms with Crippen molar-refractivity contribution in [1.82, 2.24) is 0 Å². The first-order chi connectivity index (χ1) is 12.9. The van der Waals surface area contributed by atoms with Crippen molar-refractivity contribution in [2.45, 2.75) is 33.6 Å². The van der Waals surface area contributed by atoms with Gasteiger partial charge in [-0.2, -0.15) is 0 Å². The van der Waals surface area contributed by atoms with E-state index >= 15 is 0 Å². The molecule has 1 aromatic rings. The van der Waals surface area contributed by atoms with Crippen LogP contribution in [-0.4, -0.2) is 43.5 Å². The minimum Gasteiger partial charge on any atom is -0.465 e. The third kappa shape index (κ3) is 5.91. The molecule has 0 fully saturated rings. The molecule has 0 aliphatic carbocycles. The number of hydrogen-bond donors (Lipinski definition) is 0. The molecule has 0 spiro atoms. The van der Waals surface area contributed by atoms with E-state index in [-0.39, 0.29) is 19.8 Å². The van der Waals surface area contributed by atoms with Crippen LogP contribution in [0.5, 0.6) is 0 Å². The van der Waals surface area contributed by atoms with Crippen LogP contribution >= 0.6 is 0 Å². The SMILES string of the molecule is CCOC(=O)C(C(C)=O)C(c1ccccc1)C(C(=O)OCC)C(=O)OCC. The number of ketones is 1. The summed E-state index contributed by atoms with van der Waals surface area (Å²) in [6.07, 6.45) is 0. The lowest BCUT2D eigenvalue weighted by Crippen LogP contribution is -2.42. The van der Waals surface area contributed by atoms with Crippen molar-refractivity contribution in [2.75, 3.05) is 19.8 Å². The highest BCUT2D eigenvalue weighted by Gasteiger charge is 2.47. The smallest absolute Gasteiger partial charge is 0.320 e. The van der Waals surface area contributed by atoms with Crippen molar-refractivity contribution < 1.29 is 33.4 Å². The summed E-state index contributed by atoms with van der Waals surface area (Å²) in [6, 6.07) is 8.42. The molecule has 2 unspecified atom stereocenters. The number of esters is 3. The molecule has 0 bridgehead atoms. The predicted octanol–water partition coefficient (Wildman–Crippen LogP) is 2.28. The van der Waals surface area contributed by atoms with E-state index in [1.807, 2.05) is 0 Å². The molecule has 1 rings (SSSR count). The van der Waals surface area contributed by atoms with E-state index in [1.54, 1.807) is 51.1 Å². The van der Waals surface area contributed by atoms with Gasteiger partial charge in [0, 0.05) is 5.92 Å². The Kier molecular flexibility index (Phi) is 9.19. The Labute approximate surface area is 159 Å². The lowest BCUT2D eigenvalue weighted by Gasteiger charge is -2.29. The van der Waals surface area contributed by atoms with E-state index in [0.29, 0.717) is 5.56 Å². The van der Waals surface area contributed by atoms with E-state index in [9.17, 15) is 19.2 Å². The minimum absolute atomic E-state index is 0.0421. The first-order valence-corrected chi connectivity index (χ1v) is 8.94. The molecule has 0 N–H and O–H groups in total. The highest BCUT2D eigenvalue weighted by atomic mass is 16.6. The van der Waals surface area contributed by atoms with Gasteiger partial charge >= 0.3 is 17.9 Å². The summed E-state index contributed by atoms with van der Waals surface area (Å²) in [6.45, 7) is 6.19. The standard InChI is InChI=1S/C20H26O7/c1-5-25-18(22)15(13(4)21)16(14-11-9-8-10-12-14)17(19(23)26-6-2)20(24)27-7-3/h8-12,15-17H,5-7H2,1-4H3. The summed E-state index contributed by atoms with van der Waals surface area (Å²) in [4.78, 5) is 50.0. The molecular weight excluding hydrogens is 352 g/mol. The zero-order chi connectivity index (χ0) is 20.4. The summed E-state index contributed by atoms with van der Waals surface area (Å²) in [5.41, 5.74) is 0.469. The summed E-state index contributed by atoms with van der Waals surface area (Å²) >= 11 is 0. The maximum atomic E-state index is 12.6. The number of ether oxygens (including phenoxy) is 3. The van der Waals surface area contributed by atoms with Crippen molar-refractivity contribution in [3.63, 3.8) is 0 Å². The van der Waals surface area contributed by atoms with Crippen molar-refractivity contribution in [2.24, 2.45) is 11.8 Å².